The topological polar surface area (TPSA) is 90.3 Å². The Morgan fingerprint density at radius 2 is 1.78 bits per heavy atom. The minimum atomic E-state index is -0.964. The molecule has 3 saturated heterocycles. The van der Waals surface area contributed by atoms with Crippen LogP contribution in [0.2, 0.25) is 6.32 Å². The van der Waals surface area contributed by atoms with Gasteiger partial charge in [0.1, 0.15) is 5.75 Å². The van der Waals surface area contributed by atoms with Gasteiger partial charge >= 0.3 is 7.12 Å². The highest BCUT2D eigenvalue weighted by molar-refractivity contribution is 6.43. The first-order valence-electron chi connectivity index (χ1n) is 17.4. The van der Waals surface area contributed by atoms with Crippen molar-refractivity contribution < 1.29 is 24.4 Å². The fourth-order valence-electron chi connectivity index (χ4n) is 8.57. The molecule has 8 heteroatoms. The van der Waals surface area contributed by atoms with Crippen LogP contribution in [0.5, 0.6) is 5.75 Å². The molecule has 244 valence electrons. The minimum Gasteiger partial charge on any atom is -0.508 e. The average Bonchev–Trinajstić information content (AvgIpc) is 3.29. The zero-order chi connectivity index (χ0) is 32.4. The van der Waals surface area contributed by atoms with Gasteiger partial charge in [0.2, 0.25) is 11.8 Å². The number of rotatable bonds is 10. The summed E-state index contributed by atoms with van der Waals surface area (Å²) in [5.41, 5.74) is 5.91. The zero-order valence-corrected chi connectivity index (χ0v) is 27.6. The molecule has 7 nitrogen and oxygen atoms in total. The number of phenols is 1. The van der Waals surface area contributed by atoms with E-state index < -0.39 is 13.0 Å². The van der Waals surface area contributed by atoms with Crippen LogP contribution in [-0.2, 0) is 20.8 Å². The quantitative estimate of drug-likeness (QED) is 0.179. The third kappa shape index (κ3) is 6.90. The number of carbonyl (C=O) groups excluding carboxylic acids is 2. The van der Waals surface area contributed by atoms with Crippen molar-refractivity contribution in [3.05, 3.63) is 82.4 Å². The maximum atomic E-state index is 14.3. The van der Waals surface area contributed by atoms with E-state index in [1.165, 1.54) is 16.7 Å². The van der Waals surface area contributed by atoms with Crippen molar-refractivity contribution >= 4 is 25.0 Å². The Labute approximate surface area is 274 Å². The molecular formula is C38H49BN2O5. The van der Waals surface area contributed by atoms with Crippen molar-refractivity contribution in [1.29, 1.82) is 0 Å². The van der Waals surface area contributed by atoms with Gasteiger partial charge in [-0.3, -0.25) is 19.4 Å². The lowest BCUT2D eigenvalue weighted by atomic mass is 9.57. The lowest BCUT2D eigenvalue weighted by Gasteiger charge is -2.44. The Kier molecular flexibility index (Phi) is 10.2. The molecule has 3 fully saturated rings. The molecule has 3 heterocycles. The molecule has 0 radical (unpaired) electrons. The molecule has 46 heavy (non-hydrogen) atoms. The number of allylic oxidation sites excluding steroid dienone is 2. The number of hydrogen-bond acceptors (Lipinski definition) is 6. The zero-order valence-electron chi connectivity index (χ0n) is 27.6. The van der Waals surface area contributed by atoms with Crippen molar-refractivity contribution in [1.82, 2.24) is 9.80 Å². The predicted molar refractivity (Wildman–Crippen MR) is 181 cm³/mol. The van der Waals surface area contributed by atoms with Crippen molar-refractivity contribution in [2.45, 2.75) is 90.7 Å². The molecule has 0 saturated carbocycles. The maximum absolute atomic E-state index is 14.3. The number of hydrogen-bond donors (Lipinski definition) is 2. The fourth-order valence-corrected chi connectivity index (χ4v) is 8.57. The first-order valence-corrected chi connectivity index (χ1v) is 17.4. The summed E-state index contributed by atoms with van der Waals surface area (Å²) < 4.78 is 6.26. The van der Waals surface area contributed by atoms with E-state index in [2.05, 4.69) is 56.0 Å². The number of likely N-dealkylation sites (tertiary alicyclic amines) is 2. The third-order valence-corrected chi connectivity index (χ3v) is 10.7. The Balaban J connectivity index is 1.19. The van der Waals surface area contributed by atoms with Gasteiger partial charge < -0.3 is 14.8 Å². The Hall–Kier alpha value is -3.20. The number of imide groups is 1. The second-order valence-electron chi connectivity index (χ2n) is 14.1. The van der Waals surface area contributed by atoms with Crippen LogP contribution in [0.4, 0.5) is 0 Å². The molecule has 4 aliphatic rings. The largest absolute Gasteiger partial charge is 0.508 e. The molecule has 6 rings (SSSR count). The summed E-state index contributed by atoms with van der Waals surface area (Å²) in [6.45, 7) is 9.12. The molecule has 2 amide bonds. The van der Waals surface area contributed by atoms with Crippen LogP contribution in [-0.4, -0.2) is 64.1 Å². The van der Waals surface area contributed by atoms with E-state index in [-0.39, 0.29) is 47.5 Å². The molecular weight excluding hydrogens is 575 g/mol. The summed E-state index contributed by atoms with van der Waals surface area (Å²) in [5, 5.41) is 21.0. The van der Waals surface area contributed by atoms with Crippen LogP contribution < -0.4 is 0 Å². The Morgan fingerprint density at radius 3 is 2.48 bits per heavy atom. The van der Waals surface area contributed by atoms with E-state index in [1.54, 1.807) is 17.0 Å². The molecule has 3 aliphatic heterocycles. The van der Waals surface area contributed by atoms with Gasteiger partial charge in [-0.1, -0.05) is 86.9 Å². The smallest absolute Gasteiger partial charge is 0.455 e. The monoisotopic (exact) mass is 624 g/mol. The maximum Gasteiger partial charge on any atom is 0.455 e. The Bertz CT molecular complexity index is 1460. The van der Waals surface area contributed by atoms with Crippen LogP contribution in [0, 0.1) is 23.7 Å². The SMILES string of the molecule is CCC/C(=C\c1cccc(O)c1)CC[C@H]1OB(O)C[C@H]2C1=C(C(C)C)C[C@H]1C(=O)N(C3CCN(Cc4ccccc4)CC3)C(=O)[C@H]12. The van der Waals surface area contributed by atoms with Crippen molar-refractivity contribution in [3.63, 3.8) is 0 Å². The van der Waals surface area contributed by atoms with Gasteiger partial charge in [0.05, 0.1) is 17.9 Å². The number of nitrogens with zero attached hydrogens (tertiary/aromatic N) is 2. The van der Waals surface area contributed by atoms with Crippen molar-refractivity contribution in [3.8, 4) is 5.75 Å². The van der Waals surface area contributed by atoms with E-state index in [9.17, 15) is 19.7 Å². The van der Waals surface area contributed by atoms with Crippen LogP contribution in [0.15, 0.2) is 71.3 Å². The van der Waals surface area contributed by atoms with E-state index in [0.29, 0.717) is 19.2 Å². The van der Waals surface area contributed by atoms with E-state index in [0.717, 1.165) is 62.9 Å². The number of phenolic OH excluding ortho intramolecular Hbond substituents is 1. The van der Waals surface area contributed by atoms with Crippen LogP contribution in [0.1, 0.15) is 76.8 Å². The van der Waals surface area contributed by atoms with E-state index in [1.807, 2.05) is 18.2 Å². The highest BCUT2D eigenvalue weighted by Gasteiger charge is 2.58. The van der Waals surface area contributed by atoms with Crippen LogP contribution >= 0.6 is 0 Å². The molecule has 0 aromatic heterocycles. The standard InChI is InChI=1S/C38H49BN2O5/c1-4-9-26(20-28-12-8-13-30(42)21-28)14-15-34-35-31(25(2)3)22-32-36(33(35)23-39(45)46-34)38(44)41(37(32)43)29-16-18-40(19-17-29)24-27-10-6-5-7-11-27/h5-8,10-13,20-21,25,29,32-34,36,42,45H,4,9,14-19,22-24H2,1-3H3/b26-20+/t32-,33+,34-,36-/m1/s1. The number of carbonyl (C=O) groups is 2. The van der Waals surface area contributed by atoms with Gasteiger partial charge in [0, 0.05) is 25.7 Å². The molecule has 2 aromatic carbocycles. The second kappa shape index (κ2) is 14.3. The number of piperidine rings is 1. The Morgan fingerprint density at radius 1 is 1.02 bits per heavy atom. The summed E-state index contributed by atoms with van der Waals surface area (Å²) in [6, 6.07) is 17.7. The first kappa shape index (κ1) is 32.7. The molecule has 0 spiro atoms. The summed E-state index contributed by atoms with van der Waals surface area (Å²) in [4.78, 5) is 32.4. The number of fused-ring (bicyclic) bond motifs is 3. The summed E-state index contributed by atoms with van der Waals surface area (Å²) in [5.74, 6) is -0.544. The minimum absolute atomic E-state index is 0.00878. The van der Waals surface area contributed by atoms with Gasteiger partial charge in [-0.15, -0.1) is 0 Å². The predicted octanol–water partition coefficient (Wildman–Crippen LogP) is 6.47. The second-order valence-corrected chi connectivity index (χ2v) is 14.1. The van der Waals surface area contributed by atoms with Gasteiger partial charge in [0.15, 0.2) is 0 Å². The highest BCUT2D eigenvalue weighted by Crippen LogP contribution is 2.52. The molecule has 0 bridgehead atoms. The molecule has 0 unspecified atom stereocenters. The summed E-state index contributed by atoms with van der Waals surface area (Å²) in [6.07, 6.45) is 7.82. The van der Waals surface area contributed by atoms with E-state index >= 15 is 0 Å². The molecule has 2 N–H and O–H groups in total. The molecule has 1 aliphatic carbocycles. The van der Waals surface area contributed by atoms with Crippen LogP contribution in [0.3, 0.4) is 0 Å². The number of amides is 2. The summed E-state index contributed by atoms with van der Waals surface area (Å²) >= 11 is 0. The van der Waals surface area contributed by atoms with Crippen LogP contribution in [0.25, 0.3) is 6.08 Å². The normalized spacial score (nSPS) is 26.2. The lowest BCUT2D eigenvalue weighted by molar-refractivity contribution is -0.144. The van der Waals surface area contributed by atoms with Crippen molar-refractivity contribution in [2.24, 2.45) is 23.7 Å². The first-order chi connectivity index (χ1) is 22.2. The summed E-state index contributed by atoms with van der Waals surface area (Å²) in [7, 11) is -0.964. The molecule has 2 aromatic rings. The van der Waals surface area contributed by atoms with Gasteiger partial charge in [0.25, 0.3) is 0 Å². The van der Waals surface area contributed by atoms with Gasteiger partial charge in [-0.25, -0.2) is 0 Å². The van der Waals surface area contributed by atoms with E-state index in [4.69, 9.17) is 4.65 Å². The third-order valence-electron chi connectivity index (χ3n) is 10.7. The van der Waals surface area contributed by atoms with Gasteiger partial charge in [-0.2, -0.15) is 0 Å². The highest BCUT2D eigenvalue weighted by atomic mass is 16.5. The number of benzene rings is 2. The number of aromatic hydroxyl groups is 1. The fraction of sp³-hybridized carbons (Fsp3) is 0.526. The van der Waals surface area contributed by atoms with Crippen molar-refractivity contribution in [2.75, 3.05) is 13.1 Å². The molecule has 4 atom stereocenters. The average molecular weight is 625 g/mol. The lowest BCUT2D eigenvalue weighted by Crippen LogP contribution is -2.48. The van der Waals surface area contributed by atoms with Gasteiger partial charge in [-0.05, 0) is 85.5 Å².